The molecule has 0 aromatic heterocycles. The summed E-state index contributed by atoms with van der Waals surface area (Å²) >= 11 is 0. The quantitative estimate of drug-likeness (QED) is 0.284. The maximum atomic E-state index is 12.5. The van der Waals surface area contributed by atoms with E-state index in [4.69, 9.17) is 9.47 Å². The van der Waals surface area contributed by atoms with E-state index >= 15 is 0 Å². The molecule has 0 aliphatic heterocycles. The largest absolute Gasteiger partial charge is 0.478 e. The minimum absolute atomic E-state index is 0.121. The average Bonchev–Trinajstić information content (AvgIpc) is 2.64. The number of ether oxygens (including phenoxy) is 2. The van der Waals surface area contributed by atoms with E-state index in [2.05, 4.69) is 0 Å². The van der Waals surface area contributed by atoms with E-state index < -0.39 is 52.8 Å². The van der Waals surface area contributed by atoms with Gasteiger partial charge in [-0.15, -0.1) is 0 Å². The van der Waals surface area contributed by atoms with Gasteiger partial charge in [-0.05, 0) is 44.4 Å². The number of hydrogen-bond acceptors (Lipinski definition) is 6. The Balaban J connectivity index is 3.52. The zero-order valence-electron chi connectivity index (χ0n) is 16.2. The van der Waals surface area contributed by atoms with Crippen LogP contribution in [0.1, 0.15) is 66.8 Å². The molecule has 0 saturated carbocycles. The Morgan fingerprint density at radius 1 is 0.929 bits per heavy atom. The van der Waals surface area contributed by atoms with E-state index in [1.165, 1.54) is 12.1 Å². The van der Waals surface area contributed by atoms with E-state index in [-0.39, 0.29) is 5.56 Å². The molecular weight excluding hydrogens is 368 g/mol. The van der Waals surface area contributed by atoms with Crippen molar-refractivity contribution in [1.82, 2.24) is 0 Å². The summed E-state index contributed by atoms with van der Waals surface area (Å²) in [5.74, 6) is -4.90. The molecule has 28 heavy (non-hydrogen) atoms. The van der Waals surface area contributed by atoms with Crippen LogP contribution in [0.5, 0.6) is 0 Å². The third-order valence-electron chi connectivity index (χ3n) is 4.05. The lowest BCUT2D eigenvalue weighted by molar-refractivity contribution is -0.151. The number of carbonyl (C=O) groups excluding carboxylic acids is 2. The minimum Gasteiger partial charge on any atom is -0.478 e. The summed E-state index contributed by atoms with van der Waals surface area (Å²) in [4.78, 5) is 47.9. The molecule has 0 saturated heterocycles. The molecule has 0 aliphatic rings. The molecule has 2 N–H and O–H groups in total. The van der Waals surface area contributed by atoms with Gasteiger partial charge in [0.25, 0.3) is 0 Å². The highest BCUT2D eigenvalue weighted by Crippen LogP contribution is 2.20. The van der Waals surface area contributed by atoms with Gasteiger partial charge in [-0.1, -0.05) is 26.0 Å². The first-order valence-corrected chi connectivity index (χ1v) is 8.85. The van der Waals surface area contributed by atoms with Crippen LogP contribution in [0, 0.1) is 0 Å². The van der Waals surface area contributed by atoms with Gasteiger partial charge < -0.3 is 19.7 Å². The highest BCUT2D eigenvalue weighted by atomic mass is 16.6. The maximum absolute atomic E-state index is 12.5. The highest BCUT2D eigenvalue weighted by molar-refractivity contribution is 6.18. The zero-order chi connectivity index (χ0) is 21.4. The molecule has 8 heteroatoms. The van der Waals surface area contributed by atoms with Crippen LogP contribution >= 0.6 is 0 Å². The van der Waals surface area contributed by atoms with Crippen molar-refractivity contribution in [3.63, 3.8) is 0 Å². The molecule has 2 atom stereocenters. The molecule has 1 aromatic carbocycles. The van der Waals surface area contributed by atoms with Crippen LogP contribution < -0.4 is 0 Å². The molecule has 0 amide bonds. The normalized spacial score (nSPS) is 12.4. The smallest absolute Gasteiger partial charge is 0.345 e. The Bertz CT molecular complexity index is 767. The van der Waals surface area contributed by atoms with Gasteiger partial charge in [0.2, 0.25) is 0 Å². The second kappa shape index (κ2) is 10.2. The number of carbonyl (C=O) groups is 4. The predicted molar refractivity (Wildman–Crippen MR) is 100 cm³/mol. The SMILES string of the molecule is CCC(C)OC(=O)C(=Cc1cccc(C(=O)O)c1C(=O)O)C(=O)OC(C)CC. The number of carboxylic acid groups (broad SMARTS) is 2. The van der Waals surface area contributed by atoms with Crippen LogP contribution in [-0.2, 0) is 19.1 Å². The second-order valence-electron chi connectivity index (χ2n) is 6.19. The fourth-order valence-corrected chi connectivity index (χ4v) is 2.12. The summed E-state index contributed by atoms with van der Waals surface area (Å²) in [5.41, 5.74) is -1.64. The van der Waals surface area contributed by atoms with Gasteiger partial charge in [0.1, 0.15) is 5.57 Å². The summed E-state index contributed by atoms with van der Waals surface area (Å²) in [7, 11) is 0. The third kappa shape index (κ3) is 5.94. The van der Waals surface area contributed by atoms with Gasteiger partial charge in [-0.2, -0.15) is 0 Å². The first kappa shape index (κ1) is 22.9. The van der Waals surface area contributed by atoms with Crippen LogP contribution in [0.3, 0.4) is 0 Å². The van der Waals surface area contributed by atoms with Gasteiger partial charge in [0.15, 0.2) is 0 Å². The average molecular weight is 392 g/mol. The lowest BCUT2D eigenvalue weighted by Crippen LogP contribution is -2.24. The van der Waals surface area contributed by atoms with E-state index in [9.17, 15) is 29.4 Å². The van der Waals surface area contributed by atoms with Gasteiger partial charge in [-0.3, -0.25) is 0 Å². The molecule has 0 radical (unpaired) electrons. The third-order valence-corrected chi connectivity index (χ3v) is 4.05. The summed E-state index contributed by atoms with van der Waals surface area (Å²) in [5, 5.41) is 18.7. The first-order valence-electron chi connectivity index (χ1n) is 8.85. The molecule has 0 heterocycles. The molecule has 1 aromatic rings. The molecule has 152 valence electrons. The standard InChI is InChI=1S/C20H24O8/c1-5-11(3)27-19(25)15(20(26)28-12(4)6-2)10-13-8-7-9-14(17(21)22)16(13)18(23)24/h7-12H,5-6H2,1-4H3,(H,21,22)(H,23,24). The van der Waals surface area contributed by atoms with Crippen molar-refractivity contribution in [3.05, 3.63) is 40.5 Å². The molecule has 1 rings (SSSR count). The fraction of sp³-hybridized carbons (Fsp3) is 0.400. The second-order valence-corrected chi connectivity index (χ2v) is 6.19. The van der Waals surface area contributed by atoms with Crippen LogP contribution in [0.4, 0.5) is 0 Å². The molecule has 0 fully saturated rings. The number of esters is 2. The zero-order valence-corrected chi connectivity index (χ0v) is 16.2. The van der Waals surface area contributed by atoms with E-state index in [0.717, 1.165) is 12.1 Å². The van der Waals surface area contributed by atoms with Crippen molar-refractivity contribution in [2.75, 3.05) is 0 Å². The molecule has 8 nitrogen and oxygen atoms in total. The summed E-state index contributed by atoms with van der Waals surface area (Å²) in [6.07, 6.45) is 1.06. The van der Waals surface area contributed by atoms with Crippen LogP contribution in [0.2, 0.25) is 0 Å². The topological polar surface area (TPSA) is 127 Å². The molecule has 2 unspecified atom stereocenters. The maximum Gasteiger partial charge on any atom is 0.345 e. The Hall–Kier alpha value is -3.16. The van der Waals surface area contributed by atoms with E-state index in [1.807, 2.05) is 0 Å². The fourth-order valence-electron chi connectivity index (χ4n) is 2.12. The number of benzene rings is 1. The Morgan fingerprint density at radius 3 is 1.82 bits per heavy atom. The van der Waals surface area contributed by atoms with Crippen molar-refractivity contribution in [2.24, 2.45) is 0 Å². The first-order chi connectivity index (χ1) is 13.1. The van der Waals surface area contributed by atoms with Crippen LogP contribution in [0.25, 0.3) is 6.08 Å². The van der Waals surface area contributed by atoms with Gasteiger partial charge in [0, 0.05) is 0 Å². The Labute approximate surface area is 162 Å². The number of aromatic carboxylic acids is 2. The van der Waals surface area contributed by atoms with E-state index in [0.29, 0.717) is 12.8 Å². The van der Waals surface area contributed by atoms with Crippen molar-refractivity contribution < 1.29 is 38.9 Å². The predicted octanol–water partition coefficient (Wildman–Crippen LogP) is 3.15. The van der Waals surface area contributed by atoms with Crippen LogP contribution in [-0.4, -0.2) is 46.3 Å². The summed E-state index contributed by atoms with van der Waals surface area (Å²) in [6.45, 7) is 6.86. The highest BCUT2D eigenvalue weighted by Gasteiger charge is 2.26. The van der Waals surface area contributed by atoms with Crippen molar-refractivity contribution in [1.29, 1.82) is 0 Å². The van der Waals surface area contributed by atoms with E-state index in [1.54, 1.807) is 27.7 Å². The molecule has 0 spiro atoms. The number of hydrogen-bond donors (Lipinski definition) is 2. The number of rotatable bonds is 9. The Kier molecular flexibility index (Phi) is 8.37. The Morgan fingerprint density at radius 2 is 1.43 bits per heavy atom. The molecule has 0 aliphatic carbocycles. The summed E-state index contributed by atoms with van der Waals surface area (Å²) < 4.78 is 10.4. The van der Waals surface area contributed by atoms with Gasteiger partial charge in [0.05, 0.1) is 23.3 Å². The van der Waals surface area contributed by atoms with Gasteiger partial charge in [-0.25, -0.2) is 19.2 Å². The monoisotopic (exact) mass is 392 g/mol. The lowest BCUT2D eigenvalue weighted by atomic mass is 9.99. The molecule has 0 bridgehead atoms. The van der Waals surface area contributed by atoms with Crippen LogP contribution in [0.15, 0.2) is 23.8 Å². The van der Waals surface area contributed by atoms with Gasteiger partial charge >= 0.3 is 23.9 Å². The summed E-state index contributed by atoms with van der Waals surface area (Å²) in [6, 6.07) is 3.74. The number of carboxylic acids is 2. The van der Waals surface area contributed by atoms with Crippen molar-refractivity contribution >= 4 is 30.0 Å². The lowest BCUT2D eigenvalue weighted by Gasteiger charge is -2.15. The van der Waals surface area contributed by atoms with Crippen molar-refractivity contribution in [3.8, 4) is 0 Å². The minimum atomic E-state index is -1.51. The van der Waals surface area contributed by atoms with Crippen molar-refractivity contribution in [2.45, 2.75) is 52.7 Å². The molecular formula is C20H24O8.